The fourth-order valence-electron chi connectivity index (χ4n) is 4.86. The van der Waals surface area contributed by atoms with Crippen LogP contribution >= 0.6 is 23.2 Å². The van der Waals surface area contributed by atoms with Crippen molar-refractivity contribution < 1.29 is 22.6 Å². The zero-order valence-corrected chi connectivity index (χ0v) is 23.3. The number of hydrogen-bond acceptors (Lipinski definition) is 7. The van der Waals surface area contributed by atoms with Gasteiger partial charge in [-0.05, 0) is 48.4 Å². The first-order chi connectivity index (χ1) is 20.2. The summed E-state index contributed by atoms with van der Waals surface area (Å²) < 4.78 is 47.9. The van der Waals surface area contributed by atoms with E-state index in [4.69, 9.17) is 37.9 Å². The molecule has 1 unspecified atom stereocenters. The molecule has 0 bridgehead atoms. The number of ether oxygens (including phenoxy) is 2. The van der Waals surface area contributed by atoms with Crippen molar-refractivity contribution in [1.82, 2.24) is 15.0 Å². The SMILES string of the molecule is COc1cnc(C2=CC(Cc3c(Cl)cc(OC(F)(F)F)cc3Cl)C3=Nc4ccccc4C3=C2)nc1Nc1ccncc1. The molecular weight excluding hydrogens is 590 g/mol. The topological polar surface area (TPSA) is 81.5 Å². The van der Waals surface area contributed by atoms with Crippen LogP contribution in [0.2, 0.25) is 10.0 Å². The number of rotatable bonds is 7. The quantitative estimate of drug-likeness (QED) is 0.227. The number of methoxy groups -OCH3 is 1. The Bertz CT molecular complexity index is 1750. The van der Waals surface area contributed by atoms with Crippen molar-refractivity contribution in [2.24, 2.45) is 10.9 Å². The van der Waals surface area contributed by atoms with Crippen molar-refractivity contribution in [1.29, 1.82) is 0 Å². The molecule has 6 rings (SSSR count). The molecule has 0 amide bonds. The van der Waals surface area contributed by atoms with Crippen molar-refractivity contribution in [3.05, 3.63) is 106 Å². The van der Waals surface area contributed by atoms with Gasteiger partial charge < -0.3 is 14.8 Å². The Labute approximate surface area is 248 Å². The molecule has 4 aromatic rings. The van der Waals surface area contributed by atoms with E-state index in [-0.39, 0.29) is 22.4 Å². The number of aliphatic imine (C=N–C) groups is 1. The predicted octanol–water partition coefficient (Wildman–Crippen LogP) is 8.25. The Morgan fingerprint density at radius 2 is 1.76 bits per heavy atom. The van der Waals surface area contributed by atoms with Gasteiger partial charge in [-0.15, -0.1) is 13.2 Å². The molecule has 0 saturated heterocycles. The third kappa shape index (κ3) is 5.68. The summed E-state index contributed by atoms with van der Waals surface area (Å²) in [5.41, 5.74) is 5.37. The van der Waals surface area contributed by atoms with Gasteiger partial charge in [-0.3, -0.25) is 9.98 Å². The number of pyridine rings is 1. The van der Waals surface area contributed by atoms with Gasteiger partial charge in [-0.2, -0.15) is 0 Å². The molecule has 2 aromatic carbocycles. The first kappa shape index (κ1) is 27.7. The summed E-state index contributed by atoms with van der Waals surface area (Å²) in [5, 5.41) is 3.34. The van der Waals surface area contributed by atoms with E-state index in [0.717, 1.165) is 45.9 Å². The highest BCUT2D eigenvalue weighted by Gasteiger charge is 2.34. The molecule has 212 valence electrons. The predicted molar refractivity (Wildman–Crippen MR) is 156 cm³/mol. The fourth-order valence-corrected chi connectivity index (χ4v) is 5.48. The van der Waals surface area contributed by atoms with Gasteiger partial charge in [-0.1, -0.05) is 47.5 Å². The van der Waals surface area contributed by atoms with Crippen LogP contribution in [0.1, 0.15) is 17.0 Å². The molecule has 2 aliphatic rings. The van der Waals surface area contributed by atoms with Crippen LogP contribution in [0, 0.1) is 5.92 Å². The molecule has 1 N–H and O–H groups in total. The fraction of sp³-hybridized carbons (Fsp3) is 0.133. The molecule has 42 heavy (non-hydrogen) atoms. The highest BCUT2D eigenvalue weighted by atomic mass is 35.5. The molecule has 2 aromatic heterocycles. The molecule has 1 aliphatic heterocycles. The van der Waals surface area contributed by atoms with E-state index in [9.17, 15) is 13.2 Å². The summed E-state index contributed by atoms with van der Waals surface area (Å²) in [6.45, 7) is 0. The first-order valence-corrected chi connectivity index (χ1v) is 13.4. The number of anilines is 2. The largest absolute Gasteiger partial charge is 0.573 e. The minimum Gasteiger partial charge on any atom is -0.491 e. The molecule has 12 heteroatoms. The second-order valence-electron chi connectivity index (χ2n) is 9.39. The van der Waals surface area contributed by atoms with E-state index in [1.165, 1.54) is 7.11 Å². The van der Waals surface area contributed by atoms with Crippen LogP contribution in [0.15, 0.2) is 84.3 Å². The van der Waals surface area contributed by atoms with E-state index >= 15 is 0 Å². The third-order valence-electron chi connectivity index (χ3n) is 6.69. The second kappa shape index (κ2) is 11.1. The van der Waals surface area contributed by atoms with Gasteiger partial charge in [0.05, 0.1) is 24.7 Å². The van der Waals surface area contributed by atoms with Gasteiger partial charge in [0.2, 0.25) is 0 Å². The van der Waals surface area contributed by atoms with Gasteiger partial charge in [0.1, 0.15) is 5.75 Å². The monoisotopic (exact) mass is 609 g/mol. The summed E-state index contributed by atoms with van der Waals surface area (Å²) in [6, 6.07) is 13.5. The minimum absolute atomic E-state index is 0.0495. The molecule has 0 spiro atoms. The smallest absolute Gasteiger partial charge is 0.491 e. The Balaban J connectivity index is 1.41. The van der Waals surface area contributed by atoms with Crippen LogP contribution in [-0.2, 0) is 6.42 Å². The zero-order valence-electron chi connectivity index (χ0n) is 21.8. The van der Waals surface area contributed by atoms with Crippen LogP contribution in [0.4, 0.5) is 30.4 Å². The minimum atomic E-state index is -4.87. The normalized spacial score (nSPS) is 15.7. The molecular formula is C30H20Cl2F3N5O2. The Morgan fingerprint density at radius 3 is 2.48 bits per heavy atom. The second-order valence-corrected chi connectivity index (χ2v) is 10.2. The average Bonchev–Trinajstić information content (AvgIpc) is 3.33. The molecule has 1 atom stereocenters. The number of nitrogens with zero attached hydrogens (tertiary/aromatic N) is 4. The highest BCUT2D eigenvalue weighted by Crippen LogP contribution is 2.44. The summed E-state index contributed by atoms with van der Waals surface area (Å²) >= 11 is 12.9. The zero-order chi connectivity index (χ0) is 29.4. The summed E-state index contributed by atoms with van der Waals surface area (Å²) in [4.78, 5) is 18.2. The van der Waals surface area contributed by atoms with Crippen LogP contribution in [0.5, 0.6) is 11.5 Å². The average molecular weight is 610 g/mol. The van der Waals surface area contributed by atoms with Crippen molar-refractivity contribution >= 4 is 57.3 Å². The molecule has 0 saturated carbocycles. The number of hydrogen-bond donors (Lipinski definition) is 1. The van der Waals surface area contributed by atoms with Crippen LogP contribution in [0.3, 0.4) is 0 Å². The summed E-state index contributed by atoms with van der Waals surface area (Å²) in [6.07, 6.45) is 4.22. The Kier molecular flexibility index (Phi) is 7.34. The number of nitrogens with one attached hydrogen (secondary N) is 1. The number of halogens is 5. The number of fused-ring (bicyclic) bond motifs is 3. The van der Waals surface area contributed by atoms with Crippen LogP contribution in [-0.4, -0.2) is 34.1 Å². The molecule has 1 aliphatic carbocycles. The van der Waals surface area contributed by atoms with E-state index in [2.05, 4.69) is 20.0 Å². The standard InChI is InChI=1S/C30H20Cl2F3N5O2/c1-41-26-15-37-28(40-29(26)38-18-6-8-36-9-7-18)17-10-16(27-21(12-17)20-4-2-3-5-25(20)39-27)11-22-23(31)13-19(14-24(22)32)42-30(33,34)35/h2-10,12-16H,11H2,1H3,(H,36,37,38,40). The Hall–Kier alpha value is -4.41. The van der Waals surface area contributed by atoms with Gasteiger partial charge in [0.15, 0.2) is 17.4 Å². The lowest BCUT2D eigenvalue weighted by Gasteiger charge is -2.23. The van der Waals surface area contributed by atoms with E-state index in [1.54, 1.807) is 30.7 Å². The van der Waals surface area contributed by atoms with Gasteiger partial charge in [-0.25, -0.2) is 9.97 Å². The number of para-hydroxylation sites is 1. The van der Waals surface area contributed by atoms with E-state index < -0.39 is 12.1 Å². The number of aromatic nitrogens is 3. The van der Waals surface area contributed by atoms with Crippen molar-refractivity contribution in [3.63, 3.8) is 0 Å². The number of benzene rings is 2. The third-order valence-corrected chi connectivity index (χ3v) is 7.37. The van der Waals surface area contributed by atoms with Crippen LogP contribution < -0.4 is 14.8 Å². The number of allylic oxidation sites excluding steroid dienone is 4. The number of alkyl halides is 3. The maximum absolute atomic E-state index is 12.8. The molecule has 0 fully saturated rings. The van der Waals surface area contributed by atoms with Crippen molar-refractivity contribution in [2.45, 2.75) is 12.8 Å². The van der Waals surface area contributed by atoms with Crippen molar-refractivity contribution in [3.8, 4) is 11.5 Å². The maximum atomic E-state index is 12.8. The Morgan fingerprint density at radius 1 is 1.02 bits per heavy atom. The lowest BCUT2D eigenvalue weighted by atomic mass is 9.82. The summed E-state index contributed by atoms with van der Waals surface area (Å²) in [7, 11) is 1.53. The lowest BCUT2D eigenvalue weighted by molar-refractivity contribution is -0.274. The van der Waals surface area contributed by atoms with E-state index in [0.29, 0.717) is 23.0 Å². The van der Waals surface area contributed by atoms with Gasteiger partial charge >= 0.3 is 6.36 Å². The highest BCUT2D eigenvalue weighted by molar-refractivity contribution is 6.37. The summed E-state index contributed by atoms with van der Waals surface area (Å²) in [5.74, 6) is 0.498. The molecule has 3 heterocycles. The molecule has 0 radical (unpaired) electrons. The molecule has 7 nitrogen and oxygen atoms in total. The van der Waals surface area contributed by atoms with Gasteiger partial charge in [0.25, 0.3) is 0 Å². The van der Waals surface area contributed by atoms with Crippen LogP contribution in [0.25, 0.3) is 11.1 Å². The van der Waals surface area contributed by atoms with Gasteiger partial charge in [0, 0.05) is 50.8 Å². The maximum Gasteiger partial charge on any atom is 0.573 e. The lowest BCUT2D eigenvalue weighted by Crippen LogP contribution is -2.20. The first-order valence-electron chi connectivity index (χ1n) is 12.6. The van der Waals surface area contributed by atoms with E-state index in [1.807, 2.05) is 36.4 Å². The van der Waals surface area contributed by atoms with Crippen molar-refractivity contribution in [2.75, 3.05) is 12.4 Å².